The molecule has 3 aromatic carbocycles. The van der Waals surface area contributed by atoms with Crippen molar-refractivity contribution in [2.75, 3.05) is 7.11 Å². The fourth-order valence-electron chi connectivity index (χ4n) is 3.43. The quantitative estimate of drug-likeness (QED) is 0.607. The van der Waals surface area contributed by atoms with Crippen LogP contribution in [0.1, 0.15) is 58.4 Å². The van der Waals surface area contributed by atoms with Gasteiger partial charge in [0.25, 0.3) is 5.91 Å². The molecular formula is C25H27NO2. The smallest absolute Gasteiger partial charge is 0.252 e. The molecule has 0 saturated carbocycles. The van der Waals surface area contributed by atoms with E-state index < -0.39 is 0 Å². The second kappa shape index (κ2) is 8.75. The first-order chi connectivity index (χ1) is 13.5. The second-order valence-corrected chi connectivity index (χ2v) is 7.29. The normalized spacial score (nSPS) is 10.9. The molecule has 1 N–H and O–H groups in total. The van der Waals surface area contributed by atoms with Gasteiger partial charge in [-0.15, -0.1) is 0 Å². The Morgan fingerprint density at radius 2 is 1.43 bits per heavy atom. The highest BCUT2D eigenvalue weighted by Gasteiger charge is 2.21. The van der Waals surface area contributed by atoms with Gasteiger partial charge >= 0.3 is 0 Å². The minimum atomic E-state index is -0.209. The van der Waals surface area contributed by atoms with Crippen LogP contribution in [0.25, 0.3) is 0 Å². The van der Waals surface area contributed by atoms with Gasteiger partial charge in [0.2, 0.25) is 0 Å². The van der Waals surface area contributed by atoms with Gasteiger partial charge in [0.1, 0.15) is 5.75 Å². The minimum Gasteiger partial charge on any atom is -0.496 e. The Balaban J connectivity index is 1.98. The lowest BCUT2D eigenvalue weighted by Crippen LogP contribution is -2.30. The predicted octanol–water partition coefficient (Wildman–Crippen LogP) is 5.65. The van der Waals surface area contributed by atoms with E-state index in [9.17, 15) is 4.79 Å². The van der Waals surface area contributed by atoms with E-state index in [0.717, 1.165) is 28.0 Å². The predicted molar refractivity (Wildman–Crippen MR) is 114 cm³/mol. The number of rotatable bonds is 6. The zero-order valence-corrected chi connectivity index (χ0v) is 16.9. The molecule has 3 aromatic rings. The number of amides is 1. The first kappa shape index (κ1) is 19.7. The Kier molecular flexibility index (Phi) is 6.15. The zero-order chi connectivity index (χ0) is 20.1. The molecular weight excluding hydrogens is 346 g/mol. The van der Waals surface area contributed by atoms with Crippen LogP contribution in [0.4, 0.5) is 0 Å². The number of carbonyl (C=O) groups is 1. The Labute approximate surface area is 167 Å². The first-order valence-electron chi connectivity index (χ1n) is 9.60. The van der Waals surface area contributed by atoms with Crippen molar-refractivity contribution in [3.63, 3.8) is 0 Å². The molecule has 0 aliphatic carbocycles. The van der Waals surface area contributed by atoms with Crippen LogP contribution >= 0.6 is 0 Å². The Hall–Kier alpha value is -3.07. The van der Waals surface area contributed by atoms with Crippen LogP contribution in [-0.4, -0.2) is 13.0 Å². The molecule has 0 heterocycles. The van der Waals surface area contributed by atoms with Crippen LogP contribution in [0.3, 0.4) is 0 Å². The van der Waals surface area contributed by atoms with Gasteiger partial charge in [0.15, 0.2) is 0 Å². The number of ether oxygens (including phenoxy) is 1. The fourth-order valence-corrected chi connectivity index (χ4v) is 3.43. The van der Waals surface area contributed by atoms with E-state index in [4.69, 9.17) is 4.74 Å². The second-order valence-electron chi connectivity index (χ2n) is 7.29. The van der Waals surface area contributed by atoms with E-state index in [2.05, 4.69) is 19.2 Å². The van der Waals surface area contributed by atoms with Gasteiger partial charge in [0.05, 0.1) is 13.2 Å². The molecule has 0 fully saturated rings. The SMILES string of the molecule is COc1cc(C)c(C(=O)NC(c2ccccc2)c2ccccc2)cc1C(C)C. The maximum Gasteiger partial charge on any atom is 0.252 e. The zero-order valence-electron chi connectivity index (χ0n) is 16.9. The van der Waals surface area contributed by atoms with Crippen LogP contribution < -0.4 is 10.1 Å². The summed E-state index contributed by atoms with van der Waals surface area (Å²) in [6, 6.07) is 23.8. The summed E-state index contributed by atoms with van der Waals surface area (Å²) in [6.07, 6.45) is 0. The summed E-state index contributed by atoms with van der Waals surface area (Å²) in [6.45, 7) is 6.15. The van der Waals surface area contributed by atoms with E-state index >= 15 is 0 Å². The number of benzene rings is 3. The van der Waals surface area contributed by atoms with Gasteiger partial charge in [-0.2, -0.15) is 0 Å². The highest BCUT2D eigenvalue weighted by molar-refractivity contribution is 5.96. The minimum absolute atomic E-state index is 0.0836. The third-order valence-electron chi connectivity index (χ3n) is 4.98. The molecule has 0 aliphatic rings. The van der Waals surface area contributed by atoms with Gasteiger partial charge in [-0.25, -0.2) is 0 Å². The van der Waals surface area contributed by atoms with Crippen molar-refractivity contribution in [3.8, 4) is 5.75 Å². The molecule has 0 aliphatic heterocycles. The van der Waals surface area contributed by atoms with E-state index in [1.165, 1.54) is 0 Å². The molecule has 1 amide bonds. The van der Waals surface area contributed by atoms with Crippen molar-refractivity contribution in [2.24, 2.45) is 0 Å². The van der Waals surface area contributed by atoms with E-state index in [0.29, 0.717) is 5.56 Å². The number of methoxy groups -OCH3 is 1. The van der Waals surface area contributed by atoms with Gasteiger partial charge in [-0.05, 0) is 47.2 Å². The Bertz CT molecular complexity index is 894. The summed E-state index contributed by atoms with van der Waals surface area (Å²) in [5, 5.41) is 3.23. The van der Waals surface area contributed by atoms with E-state index in [-0.39, 0.29) is 17.9 Å². The monoisotopic (exact) mass is 373 g/mol. The van der Waals surface area contributed by atoms with Crippen molar-refractivity contribution in [1.29, 1.82) is 0 Å². The van der Waals surface area contributed by atoms with Crippen LogP contribution in [0.15, 0.2) is 72.8 Å². The number of carbonyl (C=O) groups excluding carboxylic acids is 1. The summed E-state index contributed by atoms with van der Waals surface area (Å²) in [5.74, 6) is 1.01. The molecule has 0 saturated heterocycles. The molecule has 3 nitrogen and oxygen atoms in total. The highest BCUT2D eigenvalue weighted by Crippen LogP contribution is 2.30. The average molecular weight is 373 g/mol. The van der Waals surface area contributed by atoms with Crippen molar-refractivity contribution in [1.82, 2.24) is 5.32 Å². The molecule has 0 unspecified atom stereocenters. The third-order valence-corrected chi connectivity index (χ3v) is 4.98. The summed E-state index contributed by atoms with van der Waals surface area (Å²) in [4.78, 5) is 13.2. The maximum absolute atomic E-state index is 13.2. The molecule has 0 aromatic heterocycles. The standard InChI is InChI=1S/C25H27NO2/c1-17(2)21-16-22(18(3)15-23(21)28-4)25(27)26-24(19-11-7-5-8-12-19)20-13-9-6-10-14-20/h5-17,24H,1-4H3,(H,26,27). The lowest BCUT2D eigenvalue weighted by atomic mass is 9.94. The number of hydrogen-bond donors (Lipinski definition) is 1. The third kappa shape index (κ3) is 4.25. The molecule has 0 bridgehead atoms. The molecule has 3 rings (SSSR count). The molecule has 0 atom stereocenters. The van der Waals surface area contributed by atoms with Gasteiger partial charge < -0.3 is 10.1 Å². The largest absolute Gasteiger partial charge is 0.496 e. The van der Waals surface area contributed by atoms with Crippen molar-refractivity contribution in [2.45, 2.75) is 32.7 Å². The van der Waals surface area contributed by atoms with Crippen LogP contribution in [0, 0.1) is 6.92 Å². The van der Waals surface area contributed by atoms with Crippen molar-refractivity contribution < 1.29 is 9.53 Å². The van der Waals surface area contributed by atoms with E-state index in [1.807, 2.05) is 79.7 Å². The topological polar surface area (TPSA) is 38.3 Å². The molecule has 0 spiro atoms. The summed E-state index contributed by atoms with van der Waals surface area (Å²) >= 11 is 0. The summed E-state index contributed by atoms with van der Waals surface area (Å²) < 4.78 is 5.51. The van der Waals surface area contributed by atoms with Gasteiger partial charge in [-0.3, -0.25) is 4.79 Å². The maximum atomic E-state index is 13.2. The first-order valence-corrected chi connectivity index (χ1v) is 9.60. The van der Waals surface area contributed by atoms with Gasteiger partial charge in [-0.1, -0.05) is 74.5 Å². The Morgan fingerprint density at radius 1 is 0.893 bits per heavy atom. The van der Waals surface area contributed by atoms with E-state index in [1.54, 1.807) is 7.11 Å². The molecule has 144 valence electrons. The highest BCUT2D eigenvalue weighted by atomic mass is 16.5. The summed E-state index contributed by atoms with van der Waals surface area (Å²) in [5.41, 5.74) is 4.73. The Morgan fingerprint density at radius 3 is 1.89 bits per heavy atom. The van der Waals surface area contributed by atoms with Gasteiger partial charge in [0, 0.05) is 5.56 Å². The van der Waals surface area contributed by atoms with Crippen LogP contribution in [0.2, 0.25) is 0 Å². The van der Waals surface area contributed by atoms with Crippen molar-refractivity contribution in [3.05, 3.63) is 101 Å². The average Bonchev–Trinajstić information content (AvgIpc) is 2.72. The molecule has 28 heavy (non-hydrogen) atoms. The number of hydrogen-bond acceptors (Lipinski definition) is 2. The van der Waals surface area contributed by atoms with Crippen LogP contribution in [0.5, 0.6) is 5.75 Å². The molecule has 0 radical (unpaired) electrons. The summed E-state index contributed by atoms with van der Waals surface area (Å²) in [7, 11) is 1.67. The van der Waals surface area contributed by atoms with Crippen molar-refractivity contribution >= 4 is 5.91 Å². The number of aryl methyl sites for hydroxylation is 1. The number of nitrogens with one attached hydrogen (secondary N) is 1. The fraction of sp³-hybridized carbons (Fsp3) is 0.240. The lowest BCUT2D eigenvalue weighted by Gasteiger charge is -2.22. The molecule has 3 heteroatoms. The lowest BCUT2D eigenvalue weighted by molar-refractivity contribution is 0.0942. The van der Waals surface area contributed by atoms with Crippen LogP contribution in [-0.2, 0) is 0 Å².